The summed E-state index contributed by atoms with van der Waals surface area (Å²) in [6.45, 7) is 0. The van der Waals surface area contributed by atoms with Crippen molar-refractivity contribution in [2.45, 2.75) is 28.8 Å². The van der Waals surface area contributed by atoms with Crippen LogP contribution in [-0.4, -0.2) is 36.3 Å². The topological polar surface area (TPSA) is 88.7 Å². The Hall–Kier alpha value is -3.25. The van der Waals surface area contributed by atoms with E-state index >= 15 is 0 Å². The van der Waals surface area contributed by atoms with Gasteiger partial charge in [0, 0.05) is 16.0 Å². The van der Waals surface area contributed by atoms with Crippen LogP contribution in [0.1, 0.15) is 28.3 Å². The second kappa shape index (κ2) is 8.87. The van der Waals surface area contributed by atoms with Gasteiger partial charge in [-0.3, -0.25) is 19.3 Å². The zero-order chi connectivity index (χ0) is 28.1. The maximum atomic E-state index is 13.8. The number of amides is 2. The average molecular weight is 589 g/mol. The Bertz CT molecular complexity index is 1620. The Morgan fingerprint density at radius 3 is 2.38 bits per heavy atom. The number of thioether (sulfide) groups is 1. The number of hydrogen-bond acceptors (Lipinski definition) is 7. The minimum atomic E-state index is -4.59. The van der Waals surface area contributed by atoms with Crippen LogP contribution >= 0.6 is 23.1 Å². The number of carbonyl (C=O) groups is 2. The number of aromatic amines is 1. The summed E-state index contributed by atoms with van der Waals surface area (Å²) in [4.78, 5) is 44.6. The molecule has 0 spiro atoms. The molecule has 7 rings (SSSR count). The zero-order valence-electron chi connectivity index (χ0n) is 21.2. The summed E-state index contributed by atoms with van der Waals surface area (Å²) in [5.74, 6) is -1.55. The molecule has 4 aliphatic rings. The SMILES string of the molecule is COc1ccc(C2c3sc(=O)[nH]c3SC3C4CC(C5C(=O)N(c6cccc(C(F)(F)F)c6)C(=O)C45)C23)cc1OC. The molecule has 7 unspecified atom stereocenters. The first kappa shape index (κ1) is 25.7. The highest BCUT2D eigenvalue weighted by Crippen LogP contribution is 2.68. The van der Waals surface area contributed by atoms with Gasteiger partial charge in [0.25, 0.3) is 0 Å². The van der Waals surface area contributed by atoms with Crippen LogP contribution in [0.2, 0.25) is 0 Å². The van der Waals surface area contributed by atoms with Gasteiger partial charge < -0.3 is 14.5 Å². The van der Waals surface area contributed by atoms with E-state index < -0.39 is 35.4 Å². The molecule has 1 aromatic heterocycles. The van der Waals surface area contributed by atoms with Crippen LogP contribution in [0.15, 0.2) is 52.3 Å². The first-order valence-electron chi connectivity index (χ1n) is 12.8. The average Bonchev–Trinajstić information content (AvgIpc) is 3.66. The zero-order valence-corrected chi connectivity index (χ0v) is 22.9. The van der Waals surface area contributed by atoms with E-state index in [1.807, 2.05) is 18.2 Å². The highest BCUT2D eigenvalue weighted by molar-refractivity contribution is 8.00. The molecule has 2 aliphatic heterocycles. The third-order valence-electron chi connectivity index (χ3n) is 8.92. The molecule has 2 saturated carbocycles. The van der Waals surface area contributed by atoms with Crippen molar-refractivity contribution in [3.05, 3.63) is 68.1 Å². The van der Waals surface area contributed by atoms with E-state index in [2.05, 4.69) is 4.98 Å². The number of fused-ring (bicyclic) bond motifs is 9. The standard InChI is InChI=1S/C28H23F3N2O5S2/c1-37-16-7-6-11(8-17(16)38-2)18-19-14-10-15(22(19)39-24-23(18)40-27(36)32-24)21-20(14)25(34)33(26(21)35)13-5-3-4-12(9-13)28(29,30)31/h3-9,14-15,18-22H,10H2,1-2H3,(H,32,36). The summed E-state index contributed by atoms with van der Waals surface area (Å²) in [6, 6.07) is 10.0. The third kappa shape index (κ3) is 3.54. The van der Waals surface area contributed by atoms with Crippen molar-refractivity contribution in [1.29, 1.82) is 0 Å². The summed E-state index contributed by atoms with van der Waals surface area (Å²) in [7, 11) is 3.10. The highest BCUT2D eigenvalue weighted by atomic mass is 32.2. The number of benzene rings is 2. The maximum absolute atomic E-state index is 13.8. The summed E-state index contributed by atoms with van der Waals surface area (Å²) in [6.07, 6.45) is -3.92. The number of ether oxygens (including phenoxy) is 2. The summed E-state index contributed by atoms with van der Waals surface area (Å²) < 4.78 is 51.2. The minimum absolute atomic E-state index is 0.0414. The molecule has 1 N–H and O–H groups in total. The molecule has 0 radical (unpaired) electrons. The van der Waals surface area contributed by atoms with Crippen LogP contribution in [0.4, 0.5) is 18.9 Å². The number of nitrogens with zero attached hydrogens (tertiary/aromatic N) is 1. The molecule has 1 saturated heterocycles. The van der Waals surface area contributed by atoms with Crippen molar-refractivity contribution in [3.63, 3.8) is 0 Å². The van der Waals surface area contributed by atoms with Crippen molar-refractivity contribution in [2.24, 2.45) is 29.6 Å². The molecule has 2 aliphatic carbocycles. The van der Waals surface area contributed by atoms with E-state index in [0.717, 1.165) is 43.8 Å². The van der Waals surface area contributed by atoms with Crippen molar-refractivity contribution < 1.29 is 32.2 Å². The van der Waals surface area contributed by atoms with Gasteiger partial charge in [0.15, 0.2) is 11.5 Å². The van der Waals surface area contributed by atoms with E-state index in [1.54, 1.807) is 26.0 Å². The van der Waals surface area contributed by atoms with Gasteiger partial charge >= 0.3 is 11.0 Å². The monoisotopic (exact) mass is 588 g/mol. The molecule has 2 amide bonds. The maximum Gasteiger partial charge on any atom is 0.416 e. The number of thiazole rings is 1. The summed E-state index contributed by atoms with van der Waals surface area (Å²) >= 11 is 2.70. The van der Waals surface area contributed by atoms with Gasteiger partial charge in [-0.2, -0.15) is 13.2 Å². The van der Waals surface area contributed by atoms with E-state index in [9.17, 15) is 27.6 Å². The fraction of sp³-hybridized carbons (Fsp3) is 0.393. The normalized spacial score (nSPS) is 30.3. The lowest BCUT2D eigenvalue weighted by Gasteiger charge is -2.43. The second-order valence-electron chi connectivity index (χ2n) is 10.6. The number of nitrogens with one attached hydrogen (secondary N) is 1. The first-order chi connectivity index (χ1) is 19.1. The second-order valence-corrected chi connectivity index (χ2v) is 12.8. The largest absolute Gasteiger partial charge is 0.493 e. The smallest absolute Gasteiger partial charge is 0.416 e. The lowest BCUT2D eigenvalue weighted by molar-refractivity contribution is -0.137. The molecule has 3 fully saturated rings. The van der Waals surface area contributed by atoms with E-state index in [4.69, 9.17) is 9.47 Å². The van der Waals surface area contributed by atoms with Gasteiger partial charge in [0.05, 0.1) is 42.3 Å². The Balaban J connectivity index is 1.30. The predicted molar refractivity (Wildman–Crippen MR) is 142 cm³/mol. The van der Waals surface area contributed by atoms with Crippen molar-refractivity contribution >= 4 is 40.6 Å². The molecule has 2 aromatic carbocycles. The molecule has 3 aromatic rings. The highest BCUT2D eigenvalue weighted by Gasteiger charge is 2.69. The molecule has 40 heavy (non-hydrogen) atoms. The van der Waals surface area contributed by atoms with Crippen molar-refractivity contribution in [3.8, 4) is 11.5 Å². The van der Waals surface area contributed by atoms with Crippen LogP contribution in [0.25, 0.3) is 0 Å². The quantitative estimate of drug-likeness (QED) is 0.424. The number of imide groups is 1. The molecule has 2 bridgehead atoms. The number of aromatic nitrogens is 1. The lowest BCUT2D eigenvalue weighted by atomic mass is 9.68. The number of halogens is 3. The fourth-order valence-electron chi connectivity index (χ4n) is 7.51. The minimum Gasteiger partial charge on any atom is -0.493 e. The summed E-state index contributed by atoms with van der Waals surface area (Å²) in [5, 5.41) is 0.729. The van der Waals surface area contributed by atoms with Gasteiger partial charge in [0.1, 0.15) is 0 Å². The Morgan fingerprint density at radius 2 is 1.68 bits per heavy atom. The Kier molecular flexibility index (Phi) is 5.70. The number of H-pyrrole nitrogens is 1. The number of hydrogen-bond donors (Lipinski definition) is 1. The molecule has 7 atom stereocenters. The van der Waals surface area contributed by atoms with Gasteiger partial charge in [-0.05, 0) is 60.1 Å². The molecule has 7 nitrogen and oxygen atoms in total. The first-order valence-corrected chi connectivity index (χ1v) is 14.5. The number of alkyl halides is 3. The van der Waals surface area contributed by atoms with Crippen molar-refractivity contribution in [2.75, 3.05) is 19.1 Å². The Labute approximate surface area is 234 Å². The van der Waals surface area contributed by atoms with E-state index in [0.29, 0.717) is 17.9 Å². The fourth-order valence-corrected chi connectivity index (χ4v) is 10.4. The van der Waals surface area contributed by atoms with Gasteiger partial charge in [0.2, 0.25) is 11.8 Å². The van der Waals surface area contributed by atoms with Crippen LogP contribution in [0.5, 0.6) is 11.5 Å². The number of carbonyl (C=O) groups excluding carboxylic acids is 2. The number of rotatable bonds is 4. The van der Waals surface area contributed by atoms with E-state index in [1.165, 1.54) is 12.1 Å². The number of methoxy groups -OCH3 is 2. The molecule has 3 heterocycles. The van der Waals surface area contributed by atoms with Gasteiger partial charge in [-0.1, -0.05) is 23.5 Å². The van der Waals surface area contributed by atoms with Gasteiger partial charge in [-0.25, -0.2) is 0 Å². The molecular weight excluding hydrogens is 565 g/mol. The van der Waals surface area contributed by atoms with Crippen LogP contribution in [-0.2, 0) is 15.8 Å². The Morgan fingerprint density at radius 1 is 0.950 bits per heavy atom. The molecule has 12 heteroatoms. The van der Waals surface area contributed by atoms with Crippen LogP contribution in [0.3, 0.4) is 0 Å². The van der Waals surface area contributed by atoms with E-state index in [-0.39, 0.29) is 39.5 Å². The lowest BCUT2D eigenvalue weighted by Crippen LogP contribution is -2.42. The van der Waals surface area contributed by atoms with Gasteiger partial charge in [-0.15, -0.1) is 11.8 Å². The summed E-state index contributed by atoms with van der Waals surface area (Å²) in [5.41, 5.74) is -0.0362. The predicted octanol–water partition coefficient (Wildman–Crippen LogP) is 5.15. The van der Waals surface area contributed by atoms with Crippen molar-refractivity contribution in [1.82, 2.24) is 4.98 Å². The molecular formula is C28H23F3N2O5S2. The molecule has 208 valence electrons. The number of anilines is 1. The van der Waals surface area contributed by atoms with Crippen LogP contribution in [0, 0.1) is 29.6 Å². The van der Waals surface area contributed by atoms with Crippen LogP contribution < -0.4 is 19.2 Å². The third-order valence-corrected chi connectivity index (χ3v) is 11.5.